The molecule has 0 bridgehead atoms. The van der Waals surface area contributed by atoms with Crippen molar-refractivity contribution in [3.63, 3.8) is 0 Å². The van der Waals surface area contributed by atoms with Crippen molar-refractivity contribution >= 4 is 11.9 Å². The molecule has 0 fully saturated rings. The van der Waals surface area contributed by atoms with Crippen LogP contribution >= 0.6 is 0 Å². The number of nitrogens with zero attached hydrogens (tertiary/aromatic N) is 2. The fraction of sp³-hybridized carbons (Fsp3) is 0.308. The number of hydrogen-bond donors (Lipinski definition) is 3. The Bertz CT molecular complexity index is 1050. The third-order valence-corrected chi connectivity index (χ3v) is 5.36. The van der Waals surface area contributed by atoms with Gasteiger partial charge in [0.1, 0.15) is 5.76 Å². The first-order valence-electron chi connectivity index (χ1n) is 11.1. The van der Waals surface area contributed by atoms with Crippen molar-refractivity contribution in [3.05, 3.63) is 94.9 Å². The van der Waals surface area contributed by atoms with Gasteiger partial charge in [0.2, 0.25) is 0 Å². The molecule has 2 aromatic carbocycles. The summed E-state index contributed by atoms with van der Waals surface area (Å²) in [6.45, 7) is 2.98. The summed E-state index contributed by atoms with van der Waals surface area (Å²) >= 11 is 0. The zero-order valence-corrected chi connectivity index (χ0v) is 19.6. The number of hydrogen-bond acceptors (Lipinski definition) is 4. The van der Waals surface area contributed by atoms with E-state index in [1.54, 1.807) is 20.4 Å². The molecule has 174 valence electrons. The van der Waals surface area contributed by atoms with Gasteiger partial charge in [-0.3, -0.25) is 14.7 Å². The van der Waals surface area contributed by atoms with E-state index < -0.39 is 0 Å². The summed E-state index contributed by atoms with van der Waals surface area (Å²) in [6.07, 6.45) is 2.50. The first-order chi connectivity index (χ1) is 16.1. The van der Waals surface area contributed by atoms with E-state index in [2.05, 4.69) is 57.2 Å². The number of nitrogens with one attached hydrogen (secondary N) is 3. The quantitative estimate of drug-likeness (QED) is 0.329. The molecule has 7 nitrogen and oxygen atoms in total. The Morgan fingerprint density at radius 3 is 2.55 bits per heavy atom. The summed E-state index contributed by atoms with van der Waals surface area (Å²) in [5.74, 6) is 1.63. The van der Waals surface area contributed by atoms with Crippen LogP contribution in [0.3, 0.4) is 0 Å². The van der Waals surface area contributed by atoms with E-state index in [-0.39, 0.29) is 5.91 Å². The molecule has 3 rings (SSSR count). The van der Waals surface area contributed by atoms with Crippen LogP contribution in [0.1, 0.15) is 32.8 Å². The van der Waals surface area contributed by atoms with Gasteiger partial charge in [0.05, 0.1) is 12.8 Å². The molecule has 3 aromatic rings. The van der Waals surface area contributed by atoms with Gasteiger partial charge < -0.3 is 20.4 Å². The van der Waals surface area contributed by atoms with Gasteiger partial charge in [-0.25, -0.2) is 0 Å². The Hall–Kier alpha value is -3.58. The topological polar surface area (TPSA) is 81.9 Å². The van der Waals surface area contributed by atoms with Gasteiger partial charge >= 0.3 is 0 Å². The van der Waals surface area contributed by atoms with Crippen LogP contribution in [-0.2, 0) is 26.1 Å². The number of rotatable bonds is 10. The van der Waals surface area contributed by atoms with E-state index in [4.69, 9.17) is 4.42 Å². The number of guanidine groups is 1. The zero-order valence-electron chi connectivity index (χ0n) is 19.6. The number of carbonyl (C=O) groups excluding carboxylic acids is 1. The summed E-state index contributed by atoms with van der Waals surface area (Å²) in [4.78, 5) is 18.4. The fourth-order valence-corrected chi connectivity index (χ4v) is 3.64. The molecule has 1 aromatic heterocycles. The van der Waals surface area contributed by atoms with E-state index in [1.165, 1.54) is 11.1 Å². The summed E-state index contributed by atoms with van der Waals surface area (Å²) < 4.78 is 5.46. The maximum Gasteiger partial charge on any atom is 0.251 e. The Morgan fingerprint density at radius 2 is 1.82 bits per heavy atom. The molecule has 0 aliphatic heterocycles. The molecule has 7 heteroatoms. The second-order valence-corrected chi connectivity index (χ2v) is 7.90. The molecule has 0 unspecified atom stereocenters. The summed E-state index contributed by atoms with van der Waals surface area (Å²) in [5, 5.41) is 9.42. The molecule has 0 radical (unpaired) electrons. The number of amides is 1. The van der Waals surface area contributed by atoms with Crippen LogP contribution in [0.2, 0.25) is 0 Å². The molecular formula is C26H33N5O2. The molecule has 0 atom stereocenters. The third kappa shape index (κ3) is 7.50. The van der Waals surface area contributed by atoms with Crippen LogP contribution in [0.25, 0.3) is 0 Å². The molecule has 0 aliphatic rings. The predicted octanol–water partition coefficient (Wildman–Crippen LogP) is 3.18. The third-order valence-electron chi connectivity index (χ3n) is 5.36. The van der Waals surface area contributed by atoms with E-state index in [9.17, 15) is 4.79 Å². The van der Waals surface area contributed by atoms with Crippen LogP contribution in [0.4, 0.5) is 0 Å². The monoisotopic (exact) mass is 447 g/mol. The zero-order chi connectivity index (χ0) is 23.5. The van der Waals surface area contributed by atoms with E-state index in [0.717, 1.165) is 36.8 Å². The molecule has 3 N–H and O–H groups in total. The lowest BCUT2D eigenvalue weighted by molar-refractivity contribution is 0.0963. The summed E-state index contributed by atoms with van der Waals surface area (Å²) in [6, 6.07) is 20.0. The largest absolute Gasteiger partial charge is 0.468 e. The first kappa shape index (κ1) is 24.1. The van der Waals surface area contributed by atoms with Crippen LogP contribution in [-0.4, -0.2) is 44.5 Å². The Balaban J connectivity index is 1.50. The SMILES string of the molecule is CN=C(NCCc1cccc(C(=O)NC)c1)NCc1ccccc1CN(C)Cc1ccco1. The lowest BCUT2D eigenvalue weighted by atomic mass is 10.1. The van der Waals surface area contributed by atoms with Gasteiger partial charge in [0.15, 0.2) is 5.96 Å². The van der Waals surface area contributed by atoms with Crippen LogP contribution in [0.5, 0.6) is 0 Å². The molecule has 0 spiro atoms. The summed E-state index contributed by atoms with van der Waals surface area (Å²) in [7, 11) is 5.50. The van der Waals surface area contributed by atoms with Gasteiger partial charge in [0.25, 0.3) is 5.91 Å². The Labute approximate surface area is 195 Å². The van der Waals surface area contributed by atoms with Crippen molar-refractivity contribution in [1.82, 2.24) is 20.9 Å². The minimum absolute atomic E-state index is 0.0734. The highest BCUT2D eigenvalue weighted by Gasteiger charge is 2.09. The maximum absolute atomic E-state index is 11.8. The molecule has 0 saturated carbocycles. The molecule has 0 saturated heterocycles. The van der Waals surface area contributed by atoms with Crippen LogP contribution < -0.4 is 16.0 Å². The fourth-order valence-electron chi connectivity index (χ4n) is 3.64. The highest BCUT2D eigenvalue weighted by Crippen LogP contribution is 2.13. The first-order valence-corrected chi connectivity index (χ1v) is 11.1. The van der Waals surface area contributed by atoms with Gasteiger partial charge in [-0.2, -0.15) is 0 Å². The lowest BCUT2D eigenvalue weighted by Crippen LogP contribution is -2.38. The van der Waals surface area contributed by atoms with Crippen molar-refractivity contribution in [2.24, 2.45) is 4.99 Å². The van der Waals surface area contributed by atoms with Crippen molar-refractivity contribution in [3.8, 4) is 0 Å². The van der Waals surface area contributed by atoms with Crippen LogP contribution in [0.15, 0.2) is 76.3 Å². The molecular weight excluding hydrogens is 414 g/mol. The molecule has 0 aliphatic carbocycles. The second-order valence-electron chi connectivity index (χ2n) is 7.90. The standard InChI is InChI=1S/C26H33N5O2/c1-27-25(32)21-11-6-8-20(16-21)13-14-29-26(28-2)30-17-22-9-4-5-10-23(22)18-31(3)19-24-12-7-15-33-24/h4-12,15-16H,13-14,17-19H2,1-3H3,(H,27,32)(H2,28,29,30). The van der Waals surface area contributed by atoms with Gasteiger partial charge in [-0.1, -0.05) is 36.4 Å². The second kappa shape index (κ2) is 12.5. The van der Waals surface area contributed by atoms with Crippen LogP contribution in [0, 0.1) is 0 Å². The Kier molecular flexibility index (Phi) is 9.08. The number of furan rings is 1. The maximum atomic E-state index is 11.8. The van der Waals surface area contributed by atoms with Gasteiger partial charge in [0, 0.05) is 39.3 Å². The molecule has 33 heavy (non-hydrogen) atoms. The molecule has 1 heterocycles. The number of benzene rings is 2. The van der Waals surface area contributed by atoms with Gasteiger partial charge in [-0.05, 0) is 54.4 Å². The van der Waals surface area contributed by atoms with E-state index >= 15 is 0 Å². The smallest absolute Gasteiger partial charge is 0.251 e. The highest BCUT2D eigenvalue weighted by molar-refractivity contribution is 5.94. The average molecular weight is 448 g/mol. The van der Waals surface area contributed by atoms with Crippen molar-refractivity contribution in [2.45, 2.75) is 26.1 Å². The number of aliphatic imine (C=N–C) groups is 1. The van der Waals surface area contributed by atoms with Crippen molar-refractivity contribution < 1.29 is 9.21 Å². The molecule has 1 amide bonds. The Morgan fingerprint density at radius 1 is 1.00 bits per heavy atom. The van der Waals surface area contributed by atoms with E-state index in [0.29, 0.717) is 18.7 Å². The van der Waals surface area contributed by atoms with Crippen molar-refractivity contribution in [1.29, 1.82) is 0 Å². The highest BCUT2D eigenvalue weighted by atomic mass is 16.3. The predicted molar refractivity (Wildman–Crippen MR) is 132 cm³/mol. The van der Waals surface area contributed by atoms with E-state index in [1.807, 2.05) is 36.4 Å². The summed E-state index contributed by atoms with van der Waals surface area (Å²) in [5.41, 5.74) is 4.26. The number of carbonyl (C=O) groups is 1. The average Bonchev–Trinajstić information content (AvgIpc) is 3.34. The van der Waals surface area contributed by atoms with Crippen molar-refractivity contribution in [2.75, 3.05) is 27.7 Å². The normalized spacial score (nSPS) is 11.5. The minimum atomic E-state index is -0.0734. The van der Waals surface area contributed by atoms with Gasteiger partial charge in [-0.15, -0.1) is 0 Å². The lowest BCUT2D eigenvalue weighted by Gasteiger charge is -2.19. The minimum Gasteiger partial charge on any atom is -0.468 e.